The summed E-state index contributed by atoms with van der Waals surface area (Å²) >= 11 is 6.27. The van der Waals surface area contributed by atoms with Gasteiger partial charge in [0, 0.05) is 22.3 Å². The molecular weight excluding hydrogens is 503 g/mol. The maximum Gasteiger partial charge on any atom is 0.116 e. The molecule has 0 amide bonds. The van der Waals surface area contributed by atoms with E-state index in [0.29, 0.717) is 0 Å². The molecule has 0 aliphatic carbocycles. The second kappa shape index (κ2) is 10.8. The molecule has 0 fully saturated rings. The Kier molecular flexibility index (Phi) is 6.92. The summed E-state index contributed by atoms with van der Waals surface area (Å²) in [7, 11) is -2.09. The fraction of sp³-hybridized carbons (Fsp3) is 0.0294. The number of hydrogen-bond acceptors (Lipinski definition) is 1. The van der Waals surface area contributed by atoms with Crippen LogP contribution in [0.25, 0.3) is 16.9 Å². The van der Waals surface area contributed by atoms with Gasteiger partial charge in [0.2, 0.25) is 0 Å². The molecule has 38 heavy (non-hydrogen) atoms. The number of hydrogen-bond donors (Lipinski definition) is 0. The van der Waals surface area contributed by atoms with E-state index in [0.717, 1.165) is 28.1 Å². The lowest BCUT2D eigenvalue weighted by molar-refractivity contribution is 0.884. The zero-order chi connectivity index (χ0) is 25.8. The van der Waals surface area contributed by atoms with Gasteiger partial charge in [0.1, 0.15) is 29.3 Å². The molecule has 0 aliphatic rings. The molecule has 2 nitrogen and oxygen atoms in total. The molecule has 1 heterocycles. The minimum Gasteiger partial charge on any atom is -0.240 e. The van der Waals surface area contributed by atoms with Gasteiger partial charge in [0.05, 0.1) is 11.4 Å². The molecule has 4 heteroatoms. The first-order valence-electron chi connectivity index (χ1n) is 12.7. The van der Waals surface area contributed by atoms with Crippen molar-refractivity contribution in [2.24, 2.45) is 0 Å². The van der Waals surface area contributed by atoms with Gasteiger partial charge in [-0.2, -0.15) is 5.10 Å². The van der Waals surface area contributed by atoms with E-state index < -0.39 is 7.26 Å². The predicted molar refractivity (Wildman–Crippen MR) is 163 cm³/mol. The van der Waals surface area contributed by atoms with Crippen LogP contribution in [0.5, 0.6) is 0 Å². The van der Waals surface area contributed by atoms with Gasteiger partial charge in [-0.15, -0.1) is 0 Å². The highest BCUT2D eigenvalue weighted by Crippen LogP contribution is 2.58. The molecule has 5 aromatic carbocycles. The van der Waals surface area contributed by atoms with Crippen LogP contribution in [-0.2, 0) is 6.16 Å². The normalized spacial score (nSPS) is 11.4. The summed E-state index contributed by atoms with van der Waals surface area (Å²) in [5, 5.41) is 9.92. The zero-order valence-corrected chi connectivity index (χ0v) is 22.5. The van der Waals surface area contributed by atoms with Gasteiger partial charge in [-0.05, 0) is 60.7 Å². The first-order chi connectivity index (χ1) is 18.7. The molecule has 0 unspecified atom stereocenters. The van der Waals surface area contributed by atoms with Crippen LogP contribution >= 0.6 is 18.9 Å². The molecule has 0 bridgehead atoms. The van der Waals surface area contributed by atoms with E-state index in [1.165, 1.54) is 21.5 Å². The Hall–Kier alpha value is -3.97. The van der Waals surface area contributed by atoms with Crippen molar-refractivity contribution >= 4 is 34.8 Å². The van der Waals surface area contributed by atoms with Gasteiger partial charge in [0.15, 0.2) is 0 Å². The molecule has 0 spiro atoms. The SMILES string of the molecule is Clc1ccc(-c2nn(-c3ccccc3)cc2C[P+](c2ccccc2)(c2ccccc2)c2ccccc2)cc1. The molecule has 0 radical (unpaired) electrons. The molecule has 184 valence electrons. The van der Waals surface area contributed by atoms with Crippen molar-refractivity contribution in [1.82, 2.24) is 9.78 Å². The second-order valence-electron chi connectivity index (χ2n) is 9.26. The molecule has 0 saturated heterocycles. The van der Waals surface area contributed by atoms with E-state index in [4.69, 9.17) is 16.7 Å². The first-order valence-corrected chi connectivity index (χ1v) is 15.0. The van der Waals surface area contributed by atoms with Gasteiger partial charge < -0.3 is 0 Å². The van der Waals surface area contributed by atoms with Crippen molar-refractivity contribution in [2.75, 3.05) is 0 Å². The molecule has 6 rings (SSSR count). The summed E-state index contributed by atoms with van der Waals surface area (Å²) in [5.41, 5.74) is 4.29. The van der Waals surface area contributed by atoms with Crippen molar-refractivity contribution < 1.29 is 0 Å². The molecule has 1 aromatic heterocycles. The monoisotopic (exact) mass is 529 g/mol. The number of nitrogens with zero attached hydrogens (tertiary/aromatic N) is 2. The van der Waals surface area contributed by atoms with E-state index in [2.05, 4.69) is 121 Å². The summed E-state index contributed by atoms with van der Waals surface area (Å²) in [6.45, 7) is 0. The smallest absolute Gasteiger partial charge is 0.116 e. The van der Waals surface area contributed by atoms with E-state index in [1.807, 2.05) is 35.0 Å². The van der Waals surface area contributed by atoms with Crippen LogP contribution in [0.15, 0.2) is 152 Å². The van der Waals surface area contributed by atoms with Crippen molar-refractivity contribution in [3.8, 4) is 16.9 Å². The van der Waals surface area contributed by atoms with E-state index in [1.54, 1.807) is 0 Å². The maximum atomic E-state index is 6.27. The number of halogens is 1. The molecule has 0 N–H and O–H groups in total. The summed E-state index contributed by atoms with van der Waals surface area (Å²) in [4.78, 5) is 0. The number of rotatable bonds is 7. The predicted octanol–water partition coefficient (Wildman–Crippen LogP) is 7.69. The number of benzene rings is 5. The van der Waals surface area contributed by atoms with Crippen LogP contribution in [0, 0.1) is 0 Å². The molecule has 6 aromatic rings. The summed E-state index contributed by atoms with van der Waals surface area (Å²) in [5.74, 6) is 0. The van der Waals surface area contributed by atoms with Crippen LogP contribution in [0.3, 0.4) is 0 Å². The Bertz CT molecular complexity index is 1520. The highest BCUT2D eigenvalue weighted by molar-refractivity contribution is 7.95. The summed E-state index contributed by atoms with van der Waals surface area (Å²) in [6.07, 6.45) is 3.05. The zero-order valence-electron chi connectivity index (χ0n) is 20.9. The van der Waals surface area contributed by atoms with Crippen molar-refractivity contribution in [3.05, 3.63) is 162 Å². The minimum absolute atomic E-state index is 0.720. The van der Waals surface area contributed by atoms with Crippen molar-refractivity contribution in [1.29, 1.82) is 0 Å². The fourth-order valence-electron chi connectivity index (χ4n) is 5.11. The van der Waals surface area contributed by atoms with Crippen LogP contribution in [-0.4, -0.2) is 9.78 Å². The topological polar surface area (TPSA) is 17.8 Å². The van der Waals surface area contributed by atoms with E-state index in [-0.39, 0.29) is 0 Å². The van der Waals surface area contributed by atoms with E-state index in [9.17, 15) is 0 Å². The average Bonchev–Trinajstić information content (AvgIpc) is 3.42. The Morgan fingerprint density at radius 2 is 1.00 bits per heavy atom. The quantitative estimate of drug-likeness (QED) is 0.194. The lowest BCUT2D eigenvalue weighted by atomic mass is 10.1. The molecule has 0 atom stereocenters. The fourth-order valence-corrected chi connectivity index (χ4v) is 9.47. The maximum absolute atomic E-state index is 6.27. The third kappa shape index (κ3) is 4.70. The van der Waals surface area contributed by atoms with Gasteiger partial charge in [-0.3, -0.25) is 0 Å². The number of aromatic nitrogens is 2. The van der Waals surface area contributed by atoms with Crippen LogP contribution in [0.2, 0.25) is 5.02 Å². The Balaban J connectivity index is 1.61. The Morgan fingerprint density at radius 1 is 0.553 bits per heavy atom. The summed E-state index contributed by atoms with van der Waals surface area (Å²) < 4.78 is 2.01. The Morgan fingerprint density at radius 3 is 1.47 bits per heavy atom. The van der Waals surface area contributed by atoms with Gasteiger partial charge in [-0.25, -0.2) is 4.68 Å². The standard InChI is InChI=1S/C34H27ClN2P/c35-29-23-21-27(22-24-29)34-28(25-37(36-34)30-13-5-1-6-14-30)26-38(31-15-7-2-8-16-31,32-17-9-3-10-18-32)33-19-11-4-12-20-33/h1-25H,26H2/q+1. The lowest BCUT2D eigenvalue weighted by Crippen LogP contribution is -2.32. The van der Waals surface area contributed by atoms with Crippen LogP contribution in [0.4, 0.5) is 0 Å². The largest absolute Gasteiger partial charge is 0.240 e. The molecular formula is C34H27ClN2P+. The summed E-state index contributed by atoms with van der Waals surface area (Å²) in [6, 6.07) is 51.3. The van der Waals surface area contributed by atoms with Gasteiger partial charge >= 0.3 is 0 Å². The highest BCUT2D eigenvalue weighted by Gasteiger charge is 2.46. The lowest BCUT2D eigenvalue weighted by Gasteiger charge is -2.27. The molecule has 0 saturated carbocycles. The van der Waals surface area contributed by atoms with Crippen LogP contribution in [0.1, 0.15) is 5.56 Å². The average molecular weight is 530 g/mol. The van der Waals surface area contributed by atoms with Crippen molar-refractivity contribution in [2.45, 2.75) is 6.16 Å². The first kappa shape index (κ1) is 24.4. The van der Waals surface area contributed by atoms with Crippen molar-refractivity contribution in [3.63, 3.8) is 0 Å². The van der Waals surface area contributed by atoms with Gasteiger partial charge in [0.25, 0.3) is 0 Å². The van der Waals surface area contributed by atoms with Crippen LogP contribution < -0.4 is 15.9 Å². The van der Waals surface area contributed by atoms with Gasteiger partial charge in [-0.1, -0.05) is 96.5 Å². The third-order valence-electron chi connectivity index (χ3n) is 6.93. The Labute approximate surface area is 229 Å². The number of para-hydroxylation sites is 1. The molecule has 0 aliphatic heterocycles. The highest BCUT2D eigenvalue weighted by atomic mass is 35.5. The third-order valence-corrected chi connectivity index (χ3v) is 11.5. The second-order valence-corrected chi connectivity index (χ2v) is 13.2. The minimum atomic E-state index is -2.09. The van der Waals surface area contributed by atoms with E-state index >= 15 is 0 Å².